The molecule has 0 aliphatic heterocycles. The third kappa shape index (κ3) is 6.12. The maximum atomic E-state index is 10.9. The number of aromatic hydroxyl groups is 1. The first kappa shape index (κ1) is 18.8. The van der Waals surface area contributed by atoms with Crippen LogP contribution in [0, 0.1) is 13.8 Å². The molecule has 0 fully saturated rings. The van der Waals surface area contributed by atoms with Gasteiger partial charge in [-0.25, -0.2) is 0 Å². The van der Waals surface area contributed by atoms with Crippen molar-refractivity contribution in [3.8, 4) is 11.5 Å². The van der Waals surface area contributed by atoms with Crippen LogP contribution in [0.1, 0.15) is 22.3 Å². The summed E-state index contributed by atoms with van der Waals surface area (Å²) in [5.74, 6) is -0.000834. The van der Waals surface area contributed by atoms with Gasteiger partial charge in [0.1, 0.15) is 6.61 Å². The molecule has 2 rings (SSSR count). The van der Waals surface area contributed by atoms with Gasteiger partial charge in [0.05, 0.1) is 6.42 Å². The highest BCUT2D eigenvalue weighted by Gasteiger charge is 2.06. The second-order valence-corrected chi connectivity index (χ2v) is 6.21. The van der Waals surface area contributed by atoms with Gasteiger partial charge in [0.25, 0.3) is 0 Å². The first-order valence-corrected chi connectivity index (χ1v) is 8.45. The molecule has 5 heteroatoms. The van der Waals surface area contributed by atoms with E-state index in [2.05, 4.69) is 37.4 Å². The average molecular weight is 342 g/mol. The van der Waals surface area contributed by atoms with Gasteiger partial charge in [-0.3, -0.25) is 4.79 Å². The molecule has 25 heavy (non-hydrogen) atoms. The molecular weight excluding hydrogens is 316 g/mol. The molecule has 5 nitrogen and oxygen atoms in total. The molecule has 0 saturated heterocycles. The zero-order valence-electron chi connectivity index (χ0n) is 14.8. The van der Waals surface area contributed by atoms with Gasteiger partial charge in [0.2, 0.25) is 5.91 Å². The Kier molecular flexibility index (Phi) is 6.83. The Bertz CT molecular complexity index is 729. The Morgan fingerprint density at radius 2 is 1.84 bits per heavy atom. The van der Waals surface area contributed by atoms with Gasteiger partial charge in [0, 0.05) is 6.54 Å². The van der Waals surface area contributed by atoms with Crippen LogP contribution < -0.4 is 15.8 Å². The summed E-state index contributed by atoms with van der Waals surface area (Å²) in [6.45, 7) is 6.25. The number of phenolic OH excluding ortho intramolecular Hbond substituents is 1. The average Bonchev–Trinajstić information content (AvgIpc) is 2.55. The number of nitrogens with two attached hydrogens (primary N) is 1. The van der Waals surface area contributed by atoms with Crippen molar-refractivity contribution in [3.05, 3.63) is 58.7 Å². The van der Waals surface area contributed by atoms with Gasteiger partial charge in [-0.2, -0.15) is 0 Å². The number of hydrogen-bond donors (Lipinski definition) is 3. The summed E-state index contributed by atoms with van der Waals surface area (Å²) in [6, 6.07) is 11.4. The number of hydrogen-bond acceptors (Lipinski definition) is 4. The number of nitrogens with one attached hydrogen (secondary N) is 1. The van der Waals surface area contributed by atoms with E-state index >= 15 is 0 Å². The van der Waals surface area contributed by atoms with Crippen LogP contribution in [-0.4, -0.2) is 30.7 Å². The molecule has 4 N–H and O–H groups in total. The lowest BCUT2D eigenvalue weighted by molar-refractivity contribution is -0.117. The van der Waals surface area contributed by atoms with E-state index in [1.165, 1.54) is 22.8 Å². The summed E-state index contributed by atoms with van der Waals surface area (Å²) < 4.78 is 5.56. The van der Waals surface area contributed by atoms with Gasteiger partial charge in [-0.1, -0.05) is 24.3 Å². The normalized spacial score (nSPS) is 10.6. The highest BCUT2D eigenvalue weighted by Crippen LogP contribution is 2.26. The predicted octanol–water partition coefficient (Wildman–Crippen LogP) is 2.25. The van der Waals surface area contributed by atoms with Crippen molar-refractivity contribution in [3.63, 3.8) is 0 Å². The van der Waals surface area contributed by atoms with Crippen LogP contribution in [0.2, 0.25) is 0 Å². The summed E-state index contributed by atoms with van der Waals surface area (Å²) in [5.41, 5.74) is 9.75. The highest BCUT2D eigenvalue weighted by atomic mass is 16.5. The molecule has 0 radical (unpaired) electrons. The zero-order chi connectivity index (χ0) is 18.2. The fourth-order valence-electron chi connectivity index (χ4n) is 2.55. The molecule has 0 aromatic heterocycles. The number of benzene rings is 2. The van der Waals surface area contributed by atoms with Crippen LogP contribution in [0.5, 0.6) is 11.5 Å². The van der Waals surface area contributed by atoms with Crippen molar-refractivity contribution in [2.75, 3.05) is 19.7 Å². The van der Waals surface area contributed by atoms with Crippen molar-refractivity contribution < 1.29 is 14.6 Å². The minimum Gasteiger partial charge on any atom is -0.504 e. The molecule has 2 aromatic carbocycles. The number of ether oxygens (including phenoxy) is 1. The molecular formula is C20H26N2O3. The van der Waals surface area contributed by atoms with E-state index in [4.69, 9.17) is 10.5 Å². The van der Waals surface area contributed by atoms with E-state index in [9.17, 15) is 9.90 Å². The SMILES string of the molecule is Cc1ccc(CCNCCOc2ccc(CC(N)=O)cc2O)cc1C. The van der Waals surface area contributed by atoms with E-state index in [1.54, 1.807) is 12.1 Å². The van der Waals surface area contributed by atoms with Crippen molar-refractivity contribution in [2.24, 2.45) is 5.73 Å². The molecule has 0 aliphatic rings. The summed E-state index contributed by atoms with van der Waals surface area (Å²) in [5, 5.41) is 13.2. The zero-order valence-corrected chi connectivity index (χ0v) is 14.8. The minimum atomic E-state index is -0.430. The monoisotopic (exact) mass is 342 g/mol. The standard InChI is InChI=1S/C20H26N2O3/c1-14-3-4-16(11-15(14)2)7-8-22-9-10-25-19-6-5-17(12-18(19)23)13-20(21)24/h3-6,11-12,22-23H,7-10,13H2,1-2H3,(H2,21,24). The molecule has 134 valence electrons. The Labute approximate surface area is 148 Å². The van der Waals surface area contributed by atoms with E-state index < -0.39 is 5.91 Å². The lowest BCUT2D eigenvalue weighted by Crippen LogP contribution is -2.23. The summed E-state index contributed by atoms with van der Waals surface area (Å²) in [6.07, 6.45) is 1.07. The topological polar surface area (TPSA) is 84.6 Å². The second kappa shape index (κ2) is 9.08. The molecule has 0 heterocycles. The maximum absolute atomic E-state index is 10.9. The van der Waals surface area contributed by atoms with Gasteiger partial charge in [-0.15, -0.1) is 0 Å². The number of carbonyl (C=O) groups is 1. The largest absolute Gasteiger partial charge is 0.504 e. The quantitative estimate of drug-likeness (QED) is 0.610. The lowest BCUT2D eigenvalue weighted by Gasteiger charge is -2.10. The Morgan fingerprint density at radius 1 is 1.08 bits per heavy atom. The number of amides is 1. The van der Waals surface area contributed by atoms with Crippen molar-refractivity contribution in [1.82, 2.24) is 5.32 Å². The molecule has 0 unspecified atom stereocenters. The predicted molar refractivity (Wildman–Crippen MR) is 99.0 cm³/mol. The molecule has 0 bridgehead atoms. The molecule has 0 atom stereocenters. The Hall–Kier alpha value is -2.53. The van der Waals surface area contributed by atoms with E-state index in [1.807, 2.05) is 0 Å². The van der Waals surface area contributed by atoms with Crippen molar-refractivity contribution in [2.45, 2.75) is 26.7 Å². The van der Waals surface area contributed by atoms with Crippen molar-refractivity contribution in [1.29, 1.82) is 0 Å². The number of primary amides is 1. The van der Waals surface area contributed by atoms with Gasteiger partial charge < -0.3 is 20.9 Å². The summed E-state index contributed by atoms with van der Waals surface area (Å²) in [7, 11) is 0. The maximum Gasteiger partial charge on any atom is 0.221 e. The minimum absolute atomic E-state index is 0.0221. The van der Waals surface area contributed by atoms with Crippen molar-refractivity contribution >= 4 is 5.91 Å². The molecule has 0 spiro atoms. The summed E-state index contributed by atoms with van der Waals surface area (Å²) >= 11 is 0. The summed E-state index contributed by atoms with van der Waals surface area (Å²) in [4.78, 5) is 10.9. The Morgan fingerprint density at radius 3 is 2.52 bits per heavy atom. The number of rotatable bonds is 9. The Balaban J connectivity index is 1.69. The fourth-order valence-corrected chi connectivity index (χ4v) is 2.55. The van der Waals surface area contributed by atoms with Crippen LogP contribution >= 0.6 is 0 Å². The number of aryl methyl sites for hydroxylation is 2. The number of phenols is 1. The molecule has 1 amide bonds. The van der Waals surface area contributed by atoms with E-state index in [-0.39, 0.29) is 12.2 Å². The van der Waals surface area contributed by atoms with Crippen LogP contribution in [0.25, 0.3) is 0 Å². The molecule has 0 saturated carbocycles. The molecule has 0 aliphatic carbocycles. The molecule has 2 aromatic rings. The first-order valence-electron chi connectivity index (χ1n) is 8.45. The second-order valence-electron chi connectivity index (χ2n) is 6.21. The lowest BCUT2D eigenvalue weighted by atomic mass is 10.0. The van der Waals surface area contributed by atoms with E-state index in [0.717, 1.165) is 13.0 Å². The fraction of sp³-hybridized carbons (Fsp3) is 0.350. The van der Waals surface area contributed by atoms with Gasteiger partial charge >= 0.3 is 0 Å². The third-order valence-corrected chi connectivity index (χ3v) is 4.10. The highest BCUT2D eigenvalue weighted by molar-refractivity contribution is 5.76. The van der Waals surface area contributed by atoms with Crippen LogP contribution in [0.15, 0.2) is 36.4 Å². The smallest absolute Gasteiger partial charge is 0.221 e. The van der Waals surface area contributed by atoms with Crippen LogP contribution in [0.3, 0.4) is 0 Å². The van der Waals surface area contributed by atoms with Crippen LogP contribution in [-0.2, 0) is 17.6 Å². The first-order chi connectivity index (χ1) is 12.0. The third-order valence-electron chi connectivity index (χ3n) is 4.10. The van der Waals surface area contributed by atoms with Gasteiger partial charge in [0.15, 0.2) is 11.5 Å². The van der Waals surface area contributed by atoms with E-state index in [0.29, 0.717) is 24.5 Å². The number of carbonyl (C=O) groups excluding carboxylic acids is 1. The van der Waals surface area contributed by atoms with Crippen LogP contribution in [0.4, 0.5) is 0 Å². The van der Waals surface area contributed by atoms with Gasteiger partial charge in [-0.05, 0) is 61.2 Å².